The average molecular weight is 353 g/mol. The minimum atomic E-state index is -0.891. The highest BCUT2D eigenvalue weighted by Gasteiger charge is 2.37. The van der Waals surface area contributed by atoms with Gasteiger partial charge in [0, 0.05) is 38.5 Å². The number of methoxy groups -OCH3 is 1. The molecule has 0 aliphatic carbocycles. The predicted molar refractivity (Wildman–Crippen MR) is 92.8 cm³/mol. The summed E-state index contributed by atoms with van der Waals surface area (Å²) in [5.41, 5.74) is -0.120. The summed E-state index contributed by atoms with van der Waals surface area (Å²) in [6.07, 6.45) is 3.51. The molecule has 3 rings (SSSR count). The Balaban J connectivity index is 1.62. The van der Waals surface area contributed by atoms with Gasteiger partial charge in [-0.05, 0) is 32.2 Å². The molecular weight excluding hydrogens is 326 g/mol. The number of ether oxygens (including phenoxy) is 1. The number of carbonyl (C=O) groups is 1. The highest BCUT2D eigenvalue weighted by Crippen LogP contribution is 2.34. The summed E-state index contributed by atoms with van der Waals surface area (Å²) >= 11 is 1.62. The minimum Gasteiger partial charge on any atom is -0.383 e. The van der Waals surface area contributed by atoms with Crippen LogP contribution in [0.2, 0.25) is 0 Å². The van der Waals surface area contributed by atoms with E-state index >= 15 is 0 Å². The van der Waals surface area contributed by atoms with Crippen LogP contribution in [0.25, 0.3) is 0 Å². The van der Waals surface area contributed by atoms with Gasteiger partial charge in [0.25, 0.3) is 0 Å². The summed E-state index contributed by atoms with van der Waals surface area (Å²) in [6, 6.07) is 0.476. The number of rotatable bonds is 5. The molecule has 0 bridgehead atoms. The van der Waals surface area contributed by atoms with Crippen molar-refractivity contribution < 1.29 is 14.6 Å². The standard InChI is InChI=1S/C17H27N3O3S/c1-13(21)19-8-5-17(22,6-9-19)15-12-24-16(18-15)10-20-7-3-4-14(20)11-23-2/h12,14,22H,3-11H2,1-2H3. The van der Waals surface area contributed by atoms with E-state index in [2.05, 4.69) is 4.90 Å². The molecule has 1 N–H and O–H groups in total. The highest BCUT2D eigenvalue weighted by atomic mass is 32.1. The van der Waals surface area contributed by atoms with E-state index in [0.717, 1.165) is 30.4 Å². The number of aliphatic hydroxyl groups is 1. The molecule has 1 atom stereocenters. The van der Waals surface area contributed by atoms with Crippen LogP contribution in [0.5, 0.6) is 0 Å². The molecule has 24 heavy (non-hydrogen) atoms. The highest BCUT2D eigenvalue weighted by molar-refractivity contribution is 7.09. The Morgan fingerprint density at radius 1 is 1.46 bits per heavy atom. The number of nitrogens with zero attached hydrogens (tertiary/aromatic N) is 3. The third-order valence-corrected chi connectivity index (χ3v) is 6.09. The Bertz CT molecular complexity index is 569. The normalized spacial score (nSPS) is 24.5. The lowest BCUT2D eigenvalue weighted by Crippen LogP contribution is -2.44. The van der Waals surface area contributed by atoms with Gasteiger partial charge in [-0.2, -0.15) is 0 Å². The Hall–Kier alpha value is -1.02. The molecule has 3 heterocycles. The molecule has 0 saturated carbocycles. The molecule has 7 heteroatoms. The molecule has 2 aliphatic rings. The first-order chi connectivity index (χ1) is 11.5. The molecule has 1 unspecified atom stereocenters. The number of likely N-dealkylation sites (tertiary alicyclic amines) is 2. The summed E-state index contributed by atoms with van der Waals surface area (Å²) in [5, 5.41) is 14.0. The fraction of sp³-hybridized carbons (Fsp3) is 0.765. The number of thiazole rings is 1. The zero-order chi connectivity index (χ0) is 17.2. The number of aromatic nitrogens is 1. The Morgan fingerprint density at radius 2 is 2.21 bits per heavy atom. The molecule has 0 spiro atoms. The number of amides is 1. The first-order valence-corrected chi connectivity index (χ1v) is 9.55. The molecule has 2 aliphatic heterocycles. The summed E-state index contributed by atoms with van der Waals surface area (Å²) < 4.78 is 5.31. The summed E-state index contributed by atoms with van der Waals surface area (Å²) in [4.78, 5) is 20.4. The fourth-order valence-corrected chi connectivity index (χ4v) is 4.61. The number of hydrogen-bond donors (Lipinski definition) is 1. The van der Waals surface area contributed by atoms with Crippen LogP contribution in [0.3, 0.4) is 0 Å². The number of carbonyl (C=O) groups excluding carboxylic acids is 1. The predicted octanol–water partition coefficient (Wildman–Crippen LogP) is 1.58. The van der Waals surface area contributed by atoms with E-state index in [1.165, 1.54) is 12.8 Å². The maximum absolute atomic E-state index is 11.4. The summed E-state index contributed by atoms with van der Waals surface area (Å²) in [7, 11) is 1.75. The van der Waals surface area contributed by atoms with Crippen LogP contribution in [-0.2, 0) is 21.7 Å². The van der Waals surface area contributed by atoms with E-state index in [0.29, 0.717) is 32.0 Å². The molecule has 134 valence electrons. The van der Waals surface area contributed by atoms with E-state index in [4.69, 9.17) is 9.72 Å². The third kappa shape index (κ3) is 3.79. The van der Waals surface area contributed by atoms with Gasteiger partial charge in [0.2, 0.25) is 5.91 Å². The second-order valence-corrected chi connectivity index (χ2v) is 7.83. The number of hydrogen-bond acceptors (Lipinski definition) is 6. The van der Waals surface area contributed by atoms with Crippen molar-refractivity contribution in [3.63, 3.8) is 0 Å². The van der Waals surface area contributed by atoms with Crippen LogP contribution < -0.4 is 0 Å². The van der Waals surface area contributed by atoms with Crippen LogP contribution in [0.1, 0.15) is 43.3 Å². The topological polar surface area (TPSA) is 65.9 Å². The lowest BCUT2D eigenvalue weighted by molar-refractivity contribution is -0.133. The fourth-order valence-electron chi connectivity index (χ4n) is 3.70. The van der Waals surface area contributed by atoms with E-state index < -0.39 is 5.60 Å². The quantitative estimate of drug-likeness (QED) is 0.871. The van der Waals surface area contributed by atoms with Crippen molar-refractivity contribution in [2.45, 2.75) is 50.8 Å². The van der Waals surface area contributed by atoms with Gasteiger partial charge in [0.05, 0.1) is 18.8 Å². The monoisotopic (exact) mass is 353 g/mol. The second-order valence-electron chi connectivity index (χ2n) is 6.89. The van der Waals surface area contributed by atoms with Gasteiger partial charge in [-0.3, -0.25) is 9.69 Å². The van der Waals surface area contributed by atoms with E-state index in [9.17, 15) is 9.90 Å². The largest absolute Gasteiger partial charge is 0.383 e. The zero-order valence-electron chi connectivity index (χ0n) is 14.5. The van der Waals surface area contributed by atoms with Crippen LogP contribution in [-0.4, -0.2) is 65.2 Å². The van der Waals surface area contributed by atoms with Gasteiger partial charge in [-0.25, -0.2) is 4.98 Å². The van der Waals surface area contributed by atoms with Crippen molar-refractivity contribution in [2.75, 3.05) is 33.4 Å². The number of piperidine rings is 1. The van der Waals surface area contributed by atoms with Gasteiger partial charge in [-0.15, -0.1) is 11.3 Å². The zero-order valence-corrected chi connectivity index (χ0v) is 15.3. The molecule has 2 saturated heterocycles. The van der Waals surface area contributed by atoms with E-state index in [-0.39, 0.29) is 5.91 Å². The molecule has 1 amide bonds. The molecular formula is C17H27N3O3S. The van der Waals surface area contributed by atoms with Crippen molar-refractivity contribution >= 4 is 17.2 Å². The Morgan fingerprint density at radius 3 is 2.88 bits per heavy atom. The van der Waals surface area contributed by atoms with Gasteiger partial charge in [0.15, 0.2) is 0 Å². The van der Waals surface area contributed by atoms with Crippen LogP contribution >= 0.6 is 11.3 Å². The third-order valence-electron chi connectivity index (χ3n) is 5.26. The Kier molecular flexibility index (Phi) is 5.54. The molecule has 0 radical (unpaired) electrons. The van der Waals surface area contributed by atoms with Gasteiger partial charge >= 0.3 is 0 Å². The average Bonchev–Trinajstić information content (AvgIpc) is 3.19. The van der Waals surface area contributed by atoms with E-state index in [1.807, 2.05) is 5.38 Å². The van der Waals surface area contributed by atoms with Crippen molar-refractivity contribution in [3.05, 3.63) is 16.1 Å². The van der Waals surface area contributed by atoms with Gasteiger partial charge < -0.3 is 14.7 Å². The lowest BCUT2D eigenvalue weighted by atomic mass is 9.89. The van der Waals surface area contributed by atoms with Crippen LogP contribution in [0.4, 0.5) is 0 Å². The summed E-state index contributed by atoms with van der Waals surface area (Å²) in [5.74, 6) is 0.0780. The maximum atomic E-state index is 11.4. The lowest BCUT2D eigenvalue weighted by Gasteiger charge is -2.36. The van der Waals surface area contributed by atoms with Crippen LogP contribution in [0, 0.1) is 0 Å². The van der Waals surface area contributed by atoms with Gasteiger partial charge in [-0.1, -0.05) is 0 Å². The molecule has 0 aromatic carbocycles. The molecule has 2 fully saturated rings. The molecule has 1 aromatic heterocycles. The molecule has 1 aromatic rings. The minimum absolute atomic E-state index is 0.0780. The van der Waals surface area contributed by atoms with Crippen molar-refractivity contribution in [3.8, 4) is 0 Å². The van der Waals surface area contributed by atoms with Gasteiger partial charge in [0.1, 0.15) is 10.6 Å². The first kappa shape index (κ1) is 17.8. The molecule has 6 nitrogen and oxygen atoms in total. The first-order valence-electron chi connectivity index (χ1n) is 8.67. The van der Waals surface area contributed by atoms with Crippen molar-refractivity contribution in [2.24, 2.45) is 0 Å². The maximum Gasteiger partial charge on any atom is 0.219 e. The second kappa shape index (κ2) is 7.47. The van der Waals surface area contributed by atoms with E-state index in [1.54, 1.807) is 30.3 Å². The smallest absolute Gasteiger partial charge is 0.219 e. The van der Waals surface area contributed by atoms with Crippen molar-refractivity contribution in [1.29, 1.82) is 0 Å². The van der Waals surface area contributed by atoms with Crippen molar-refractivity contribution in [1.82, 2.24) is 14.8 Å². The van der Waals surface area contributed by atoms with Crippen LogP contribution in [0.15, 0.2) is 5.38 Å². The SMILES string of the molecule is COCC1CCCN1Cc1nc(C2(O)CCN(C(C)=O)CC2)cs1. The summed E-state index contributed by atoms with van der Waals surface area (Å²) in [6.45, 7) is 5.46. The Labute approximate surface area is 147 Å².